The lowest BCUT2D eigenvalue weighted by atomic mass is 10.2. The van der Waals surface area contributed by atoms with Crippen LogP contribution in [0.2, 0.25) is 0 Å². The summed E-state index contributed by atoms with van der Waals surface area (Å²) in [4.78, 5) is 27.0. The smallest absolute Gasteiger partial charge is 0.363 e. The Labute approximate surface area is 172 Å². The molecule has 4 rings (SSSR count). The number of nitro groups is 1. The number of nitrogens with zero attached hydrogens (tertiary/aromatic N) is 2. The number of rotatable bonds is 6. The Morgan fingerprint density at radius 3 is 2.40 bits per heavy atom. The fourth-order valence-corrected chi connectivity index (χ4v) is 2.90. The summed E-state index contributed by atoms with van der Waals surface area (Å²) in [6.45, 7) is 0.455. The molecule has 0 aliphatic carbocycles. The molecule has 0 atom stereocenters. The van der Waals surface area contributed by atoms with Crippen LogP contribution in [0.15, 0.2) is 89.6 Å². The van der Waals surface area contributed by atoms with Crippen LogP contribution in [0.5, 0.6) is 5.75 Å². The topological polar surface area (TPSA) is 91.0 Å². The summed E-state index contributed by atoms with van der Waals surface area (Å²) in [6.07, 6.45) is 1.56. The van der Waals surface area contributed by atoms with Gasteiger partial charge >= 0.3 is 5.97 Å². The van der Waals surface area contributed by atoms with E-state index in [9.17, 15) is 14.9 Å². The molecular formula is C23H16N2O5. The number of carbonyl (C=O) groups is 1. The molecule has 1 aliphatic heterocycles. The summed E-state index contributed by atoms with van der Waals surface area (Å²) in [5.74, 6) is -0.0481. The van der Waals surface area contributed by atoms with Crippen molar-refractivity contribution in [2.24, 2.45) is 4.99 Å². The van der Waals surface area contributed by atoms with E-state index in [0.717, 1.165) is 11.1 Å². The van der Waals surface area contributed by atoms with Gasteiger partial charge in [-0.25, -0.2) is 9.79 Å². The first-order valence-corrected chi connectivity index (χ1v) is 9.13. The van der Waals surface area contributed by atoms with Crippen molar-refractivity contribution >= 4 is 23.6 Å². The van der Waals surface area contributed by atoms with E-state index in [1.807, 2.05) is 30.3 Å². The zero-order valence-electron chi connectivity index (χ0n) is 15.7. The fourth-order valence-electron chi connectivity index (χ4n) is 2.90. The quantitative estimate of drug-likeness (QED) is 0.263. The lowest BCUT2D eigenvalue weighted by Crippen LogP contribution is -2.07. The maximum Gasteiger partial charge on any atom is 0.363 e. The number of hydrogen-bond acceptors (Lipinski definition) is 6. The van der Waals surface area contributed by atoms with Gasteiger partial charge in [-0.15, -0.1) is 0 Å². The fraction of sp³-hybridized carbons (Fsp3) is 0.0435. The van der Waals surface area contributed by atoms with Gasteiger partial charge in [-0.2, -0.15) is 0 Å². The maximum absolute atomic E-state index is 12.2. The Morgan fingerprint density at radius 2 is 1.67 bits per heavy atom. The second kappa shape index (κ2) is 8.40. The molecule has 1 aliphatic rings. The van der Waals surface area contributed by atoms with E-state index in [-0.39, 0.29) is 22.8 Å². The van der Waals surface area contributed by atoms with Gasteiger partial charge in [0.1, 0.15) is 17.9 Å². The van der Waals surface area contributed by atoms with Crippen LogP contribution in [0.1, 0.15) is 16.7 Å². The molecule has 1 heterocycles. The van der Waals surface area contributed by atoms with E-state index in [2.05, 4.69) is 4.99 Å². The third-order valence-corrected chi connectivity index (χ3v) is 4.38. The van der Waals surface area contributed by atoms with Gasteiger partial charge in [0.2, 0.25) is 5.90 Å². The van der Waals surface area contributed by atoms with Crippen LogP contribution >= 0.6 is 0 Å². The molecule has 3 aromatic rings. The van der Waals surface area contributed by atoms with E-state index in [1.165, 1.54) is 18.2 Å². The highest BCUT2D eigenvalue weighted by atomic mass is 16.6. The Morgan fingerprint density at radius 1 is 0.967 bits per heavy atom. The third-order valence-electron chi connectivity index (χ3n) is 4.38. The van der Waals surface area contributed by atoms with Gasteiger partial charge in [-0.3, -0.25) is 10.1 Å². The first-order valence-electron chi connectivity index (χ1n) is 9.13. The standard InChI is InChI=1S/C23H16N2O5/c26-23-20(24-22(30-23)19-8-4-5-9-21(19)25(27)28)14-16-10-12-18(13-11-16)29-15-17-6-2-1-3-7-17/h1-14H,15H2/b20-14-. The number of benzene rings is 3. The largest absolute Gasteiger partial charge is 0.489 e. The van der Waals surface area contributed by atoms with Crippen molar-refractivity contribution in [2.45, 2.75) is 6.61 Å². The molecule has 148 valence electrons. The molecular weight excluding hydrogens is 384 g/mol. The Bertz CT molecular complexity index is 1150. The zero-order valence-corrected chi connectivity index (χ0v) is 15.7. The molecule has 0 aromatic heterocycles. The van der Waals surface area contributed by atoms with Crippen molar-refractivity contribution in [1.82, 2.24) is 0 Å². The van der Waals surface area contributed by atoms with Crippen LogP contribution in [0.25, 0.3) is 6.08 Å². The van der Waals surface area contributed by atoms with Crippen LogP contribution in [0, 0.1) is 10.1 Å². The molecule has 0 bridgehead atoms. The average molecular weight is 400 g/mol. The number of hydrogen-bond donors (Lipinski definition) is 0. The first kappa shape index (κ1) is 19.1. The predicted molar refractivity (Wildman–Crippen MR) is 111 cm³/mol. The molecule has 0 unspecified atom stereocenters. The van der Waals surface area contributed by atoms with Crippen LogP contribution in [-0.4, -0.2) is 16.8 Å². The number of para-hydroxylation sites is 1. The molecule has 7 nitrogen and oxygen atoms in total. The average Bonchev–Trinajstić information content (AvgIpc) is 3.14. The number of esters is 1. The normalized spacial score (nSPS) is 14.3. The molecule has 3 aromatic carbocycles. The van der Waals surface area contributed by atoms with E-state index >= 15 is 0 Å². The monoisotopic (exact) mass is 400 g/mol. The van der Waals surface area contributed by atoms with Gasteiger partial charge in [0, 0.05) is 6.07 Å². The zero-order chi connectivity index (χ0) is 20.9. The summed E-state index contributed by atoms with van der Waals surface area (Å²) in [5.41, 5.74) is 1.84. The van der Waals surface area contributed by atoms with E-state index in [0.29, 0.717) is 12.4 Å². The van der Waals surface area contributed by atoms with E-state index in [4.69, 9.17) is 9.47 Å². The van der Waals surface area contributed by atoms with Gasteiger partial charge in [0.05, 0.1) is 4.92 Å². The summed E-state index contributed by atoms with van der Waals surface area (Å²) in [5, 5.41) is 11.2. The molecule has 0 radical (unpaired) electrons. The SMILES string of the molecule is O=C1OC(c2ccccc2[N+](=O)[O-])=N/C1=C\c1ccc(OCc2ccccc2)cc1. The molecule has 0 saturated carbocycles. The highest BCUT2D eigenvalue weighted by Crippen LogP contribution is 2.25. The Balaban J connectivity index is 1.50. The number of cyclic esters (lactones) is 1. The minimum Gasteiger partial charge on any atom is -0.489 e. The van der Waals surface area contributed by atoms with Crippen LogP contribution in [-0.2, 0) is 16.1 Å². The first-order chi connectivity index (χ1) is 14.6. The van der Waals surface area contributed by atoms with Crippen molar-refractivity contribution in [3.63, 3.8) is 0 Å². The highest BCUT2D eigenvalue weighted by molar-refractivity contribution is 6.14. The lowest BCUT2D eigenvalue weighted by Gasteiger charge is -2.06. The Kier molecular flexibility index (Phi) is 5.34. The molecule has 30 heavy (non-hydrogen) atoms. The van der Waals surface area contributed by atoms with Gasteiger partial charge in [0.15, 0.2) is 5.70 Å². The molecule has 0 N–H and O–H groups in total. The number of ether oxygens (including phenoxy) is 2. The van der Waals surface area contributed by atoms with Crippen molar-refractivity contribution in [1.29, 1.82) is 0 Å². The van der Waals surface area contributed by atoms with Gasteiger partial charge < -0.3 is 9.47 Å². The van der Waals surface area contributed by atoms with Crippen LogP contribution < -0.4 is 4.74 Å². The Hall–Kier alpha value is -4.26. The van der Waals surface area contributed by atoms with Crippen molar-refractivity contribution in [3.05, 3.63) is 111 Å². The molecule has 0 saturated heterocycles. The van der Waals surface area contributed by atoms with Crippen LogP contribution in [0.4, 0.5) is 5.69 Å². The van der Waals surface area contributed by atoms with Gasteiger partial charge in [-0.05, 0) is 35.4 Å². The minimum atomic E-state index is -0.660. The number of carbonyl (C=O) groups excluding carboxylic acids is 1. The molecule has 0 spiro atoms. The van der Waals surface area contributed by atoms with E-state index < -0.39 is 10.9 Å². The summed E-state index contributed by atoms with van der Waals surface area (Å²) >= 11 is 0. The van der Waals surface area contributed by atoms with Crippen molar-refractivity contribution in [3.8, 4) is 5.75 Å². The number of aliphatic imine (C=N–C) groups is 1. The number of nitro benzene ring substituents is 1. The lowest BCUT2D eigenvalue weighted by molar-refractivity contribution is -0.385. The molecule has 0 fully saturated rings. The summed E-state index contributed by atoms with van der Waals surface area (Å²) in [6, 6.07) is 23.0. The highest BCUT2D eigenvalue weighted by Gasteiger charge is 2.28. The van der Waals surface area contributed by atoms with Crippen molar-refractivity contribution in [2.75, 3.05) is 0 Å². The second-order valence-electron chi connectivity index (χ2n) is 6.45. The van der Waals surface area contributed by atoms with Crippen LogP contribution in [0.3, 0.4) is 0 Å². The summed E-state index contributed by atoms with van der Waals surface area (Å²) in [7, 11) is 0. The minimum absolute atomic E-state index is 0.0705. The summed E-state index contributed by atoms with van der Waals surface area (Å²) < 4.78 is 10.9. The second-order valence-corrected chi connectivity index (χ2v) is 6.45. The van der Waals surface area contributed by atoms with Crippen molar-refractivity contribution < 1.29 is 19.2 Å². The molecule has 0 amide bonds. The molecule has 7 heteroatoms. The predicted octanol–water partition coefficient (Wildman–Crippen LogP) is 4.52. The van der Waals surface area contributed by atoms with E-state index in [1.54, 1.807) is 36.4 Å². The third kappa shape index (κ3) is 4.25. The van der Waals surface area contributed by atoms with Gasteiger partial charge in [-0.1, -0.05) is 54.6 Å². The van der Waals surface area contributed by atoms with Gasteiger partial charge in [0.25, 0.3) is 5.69 Å². The maximum atomic E-state index is 12.2.